The number of aromatic hydroxyl groups is 1. The van der Waals surface area contributed by atoms with Crippen LogP contribution < -0.4 is 14.4 Å². The summed E-state index contributed by atoms with van der Waals surface area (Å²) in [4.78, 5) is 27.7. The normalized spacial score (nSPS) is 13.8. The van der Waals surface area contributed by atoms with Gasteiger partial charge in [-0.25, -0.2) is 0 Å². The predicted molar refractivity (Wildman–Crippen MR) is 119 cm³/mol. The maximum Gasteiger partial charge on any atom is 0.308 e. The van der Waals surface area contributed by atoms with Crippen LogP contribution in [0.25, 0.3) is 10.8 Å². The number of hydrogen-bond donors (Lipinski definition) is 1. The lowest BCUT2D eigenvalue weighted by Gasteiger charge is -2.32. The van der Waals surface area contributed by atoms with Gasteiger partial charge < -0.3 is 19.5 Å². The van der Waals surface area contributed by atoms with Gasteiger partial charge in [-0.3, -0.25) is 9.59 Å². The summed E-state index contributed by atoms with van der Waals surface area (Å²) in [6.45, 7) is 2.74. The maximum absolute atomic E-state index is 13.6. The first-order chi connectivity index (χ1) is 15.0. The highest BCUT2D eigenvalue weighted by Crippen LogP contribution is 2.48. The maximum atomic E-state index is 13.6. The van der Waals surface area contributed by atoms with Crippen molar-refractivity contribution in [3.63, 3.8) is 0 Å². The van der Waals surface area contributed by atoms with E-state index < -0.39 is 5.97 Å². The number of benzene rings is 3. The van der Waals surface area contributed by atoms with Crippen molar-refractivity contribution in [1.29, 1.82) is 0 Å². The van der Waals surface area contributed by atoms with Crippen LogP contribution in [0.3, 0.4) is 0 Å². The minimum absolute atomic E-state index is 0.122. The molecule has 1 aliphatic heterocycles. The van der Waals surface area contributed by atoms with E-state index >= 15 is 0 Å². The van der Waals surface area contributed by atoms with Crippen molar-refractivity contribution >= 4 is 28.2 Å². The van der Waals surface area contributed by atoms with E-state index in [-0.39, 0.29) is 22.8 Å². The second-order valence-electron chi connectivity index (χ2n) is 7.65. The number of rotatable bonds is 5. The summed E-state index contributed by atoms with van der Waals surface area (Å²) in [6.07, 6.45) is 3.00. The largest absolute Gasteiger partial charge is 0.506 e. The van der Waals surface area contributed by atoms with Gasteiger partial charge in [0.2, 0.25) is 0 Å². The Bertz CT molecular complexity index is 1130. The van der Waals surface area contributed by atoms with Crippen molar-refractivity contribution in [3.05, 3.63) is 59.7 Å². The smallest absolute Gasteiger partial charge is 0.308 e. The summed E-state index contributed by atoms with van der Waals surface area (Å²) in [5, 5.41) is 12.2. The number of phenolic OH excluding ortho intramolecular Hbond substituents is 1. The average molecular weight is 419 g/mol. The van der Waals surface area contributed by atoms with Crippen LogP contribution in [0, 0.1) is 0 Å². The van der Waals surface area contributed by atoms with Gasteiger partial charge in [-0.1, -0.05) is 30.3 Å². The quantitative estimate of drug-likeness (QED) is 0.367. The molecule has 0 amide bonds. The second kappa shape index (κ2) is 8.68. The third-order valence-corrected chi connectivity index (χ3v) is 5.60. The summed E-state index contributed by atoms with van der Waals surface area (Å²) in [5.74, 6) is -0.0913. The third-order valence-electron chi connectivity index (χ3n) is 5.60. The molecular weight excluding hydrogens is 394 g/mol. The van der Waals surface area contributed by atoms with E-state index in [1.807, 2.05) is 11.0 Å². The Kier molecular flexibility index (Phi) is 5.80. The molecule has 3 aromatic rings. The Balaban J connectivity index is 2.07. The van der Waals surface area contributed by atoms with Gasteiger partial charge in [-0.15, -0.1) is 0 Å². The van der Waals surface area contributed by atoms with E-state index in [9.17, 15) is 14.7 Å². The zero-order valence-electron chi connectivity index (χ0n) is 17.7. The van der Waals surface area contributed by atoms with Gasteiger partial charge in [0.05, 0.1) is 18.4 Å². The van der Waals surface area contributed by atoms with Gasteiger partial charge in [0.1, 0.15) is 11.5 Å². The summed E-state index contributed by atoms with van der Waals surface area (Å²) < 4.78 is 11.0. The molecule has 3 aromatic carbocycles. The number of carbonyl (C=O) groups excluding carboxylic acids is 2. The lowest BCUT2D eigenvalue weighted by molar-refractivity contribution is -0.131. The van der Waals surface area contributed by atoms with Gasteiger partial charge in [0.15, 0.2) is 11.5 Å². The molecule has 0 unspecified atom stereocenters. The van der Waals surface area contributed by atoms with E-state index in [4.69, 9.17) is 9.47 Å². The predicted octanol–water partition coefficient (Wildman–Crippen LogP) is 4.70. The molecule has 6 nitrogen and oxygen atoms in total. The summed E-state index contributed by atoms with van der Waals surface area (Å²) in [7, 11) is 1.55. The highest BCUT2D eigenvalue weighted by Gasteiger charge is 2.30. The van der Waals surface area contributed by atoms with Crippen molar-refractivity contribution in [3.8, 4) is 17.2 Å². The van der Waals surface area contributed by atoms with Gasteiger partial charge in [0, 0.05) is 36.3 Å². The molecule has 4 rings (SSSR count). The van der Waals surface area contributed by atoms with Crippen molar-refractivity contribution < 1.29 is 24.2 Å². The molecule has 1 heterocycles. The van der Waals surface area contributed by atoms with Crippen LogP contribution in [0.2, 0.25) is 0 Å². The summed E-state index contributed by atoms with van der Waals surface area (Å²) in [6, 6.07) is 13.9. The summed E-state index contributed by atoms with van der Waals surface area (Å²) in [5.41, 5.74) is 1.07. The molecule has 0 aromatic heterocycles. The van der Waals surface area contributed by atoms with Gasteiger partial charge in [-0.2, -0.15) is 0 Å². The number of carbonyl (C=O) groups is 2. The number of methoxy groups -OCH3 is 1. The second-order valence-corrected chi connectivity index (χ2v) is 7.65. The van der Waals surface area contributed by atoms with Crippen molar-refractivity contribution in [2.24, 2.45) is 0 Å². The molecule has 0 radical (unpaired) electrons. The van der Waals surface area contributed by atoms with Crippen LogP contribution in [0.5, 0.6) is 17.2 Å². The molecule has 0 atom stereocenters. The van der Waals surface area contributed by atoms with Crippen LogP contribution in [0.15, 0.2) is 48.5 Å². The molecule has 6 heteroatoms. The van der Waals surface area contributed by atoms with E-state index in [1.165, 1.54) is 6.92 Å². The van der Waals surface area contributed by atoms with Crippen molar-refractivity contribution in [2.45, 2.75) is 26.2 Å². The molecule has 0 bridgehead atoms. The van der Waals surface area contributed by atoms with E-state index in [0.29, 0.717) is 40.9 Å². The minimum atomic E-state index is -0.494. The Labute approximate surface area is 181 Å². The number of esters is 1. The van der Waals surface area contributed by atoms with Crippen molar-refractivity contribution in [2.75, 3.05) is 25.1 Å². The number of nitrogens with zero attached hydrogens (tertiary/aromatic N) is 1. The first-order valence-electron chi connectivity index (χ1n) is 10.4. The van der Waals surface area contributed by atoms with E-state index in [1.54, 1.807) is 49.6 Å². The molecule has 1 fully saturated rings. The number of ether oxygens (including phenoxy) is 2. The number of piperidine rings is 1. The zero-order valence-corrected chi connectivity index (χ0v) is 17.7. The monoisotopic (exact) mass is 419 g/mol. The highest BCUT2D eigenvalue weighted by atomic mass is 16.5. The lowest BCUT2D eigenvalue weighted by atomic mass is 9.93. The number of anilines is 1. The third kappa shape index (κ3) is 3.93. The number of hydrogen-bond acceptors (Lipinski definition) is 6. The Hall–Kier alpha value is -3.54. The van der Waals surface area contributed by atoms with Crippen LogP contribution in [0.1, 0.15) is 42.1 Å². The first kappa shape index (κ1) is 20.7. The number of ketones is 1. The number of phenols is 1. The fourth-order valence-corrected chi connectivity index (χ4v) is 4.15. The molecule has 1 aliphatic rings. The molecule has 160 valence electrons. The SMILES string of the molecule is COc1ccc2c(O)c(C(=O)c3ccccc3)c(N3CCCCC3)c(OC(C)=O)c2c1. The molecule has 0 saturated carbocycles. The van der Waals surface area contributed by atoms with Gasteiger partial charge in [-0.05, 0) is 37.5 Å². The van der Waals surface area contributed by atoms with E-state index in [2.05, 4.69) is 0 Å². The Morgan fingerprint density at radius 3 is 2.32 bits per heavy atom. The minimum Gasteiger partial charge on any atom is -0.506 e. The number of fused-ring (bicyclic) bond motifs is 1. The highest BCUT2D eigenvalue weighted by molar-refractivity contribution is 6.19. The Morgan fingerprint density at radius 2 is 1.68 bits per heavy atom. The topological polar surface area (TPSA) is 76.1 Å². The molecular formula is C25H25NO5. The standard InChI is InChI=1S/C25H25NO5/c1-16(27)31-25-20-15-18(30-2)11-12-19(20)24(29)21(22(25)26-13-7-4-8-14-26)23(28)17-9-5-3-6-10-17/h3,5-6,9-12,15,29H,4,7-8,13-14H2,1-2H3. The Morgan fingerprint density at radius 1 is 0.968 bits per heavy atom. The van der Waals surface area contributed by atoms with Gasteiger partial charge >= 0.3 is 5.97 Å². The van der Waals surface area contributed by atoms with Gasteiger partial charge in [0.25, 0.3) is 0 Å². The van der Waals surface area contributed by atoms with Crippen LogP contribution in [-0.2, 0) is 4.79 Å². The fourth-order valence-electron chi connectivity index (χ4n) is 4.15. The van der Waals surface area contributed by atoms with Crippen LogP contribution in [0.4, 0.5) is 5.69 Å². The fraction of sp³-hybridized carbons (Fsp3) is 0.280. The average Bonchev–Trinajstić information content (AvgIpc) is 2.80. The molecule has 0 spiro atoms. The van der Waals surface area contributed by atoms with E-state index in [0.717, 1.165) is 19.3 Å². The van der Waals surface area contributed by atoms with Crippen molar-refractivity contribution in [1.82, 2.24) is 0 Å². The zero-order chi connectivity index (χ0) is 22.0. The molecule has 31 heavy (non-hydrogen) atoms. The lowest BCUT2D eigenvalue weighted by Crippen LogP contribution is -2.31. The molecule has 1 N–H and O–H groups in total. The molecule has 1 saturated heterocycles. The first-order valence-corrected chi connectivity index (χ1v) is 10.4. The van der Waals surface area contributed by atoms with Crippen LogP contribution >= 0.6 is 0 Å². The summed E-state index contributed by atoms with van der Waals surface area (Å²) >= 11 is 0. The van der Waals surface area contributed by atoms with Crippen LogP contribution in [-0.4, -0.2) is 37.1 Å². The molecule has 0 aliphatic carbocycles.